The Labute approximate surface area is 168 Å². The molecule has 9 heteroatoms. The molecule has 0 saturated carbocycles. The van der Waals surface area contributed by atoms with Crippen LogP contribution in [0.3, 0.4) is 0 Å². The Bertz CT molecular complexity index is 805. The van der Waals surface area contributed by atoms with Crippen molar-refractivity contribution in [3.05, 3.63) is 26.2 Å². The zero-order valence-electron chi connectivity index (χ0n) is 14.0. The van der Waals surface area contributed by atoms with Gasteiger partial charge in [-0.1, -0.05) is 0 Å². The number of thioether (sulfide) groups is 1. The minimum Gasteiger partial charge on any atom is -0.504 e. The highest BCUT2D eigenvalue weighted by atomic mass is 127. The third-order valence-corrected chi connectivity index (χ3v) is 5.92. The van der Waals surface area contributed by atoms with Gasteiger partial charge in [0.05, 0.1) is 15.6 Å². The molecule has 7 nitrogen and oxygen atoms in total. The summed E-state index contributed by atoms with van der Waals surface area (Å²) in [6.07, 6.45) is 3.47. The van der Waals surface area contributed by atoms with E-state index in [4.69, 9.17) is 4.74 Å². The third kappa shape index (κ3) is 3.83. The van der Waals surface area contributed by atoms with Crippen LogP contribution in [0.5, 0.6) is 11.5 Å². The summed E-state index contributed by atoms with van der Waals surface area (Å²) in [6.45, 7) is 1.13. The Hall–Kier alpha value is -1.75. The number of carbonyl (C=O) groups excluding carboxylic acids is 3. The summed E-state index contributed by atoms with van der Waals surface area (Å²) in [7, 11) is 1.44. The van der Waals surface area contributed by atoms with E-state index in [0.29, 0.717) is 22.2 Å². The van der Waals surface area contributed by atoms with Gasteiger partial charge in [-0.15, -0.1) is 0 Å². The Kier molecular flexibility index (Phi) is 5.76. The molecule has 0 spiro atoms. The molecule has 26 heavy (non-hydrogen) atoms. The minimum atomic E-state index is -0.477. The first-order valence-electron chi connectivity index (χ1n) is 8.00. The van der Waals surface area contributed by atoms with Crippen LogP contribution in [0.1, 0.15) is 18.4 Å². The van der Waals surface area contributed by atoms with Crippen molar-refractivity contribution in [1.82, 2.24) is 9.80 Å². The summed E-state index contributed by atoms with van der Waals surface area (Å²) >= 11 is 2.76. The van der Waals surface area contributed by atoms with E-state index in [1.54, 1.807) is 23.1 Å². The van der Waals surface area contributed by atoms with E-state index in [0.717, 1.165) is 29.5 Å². The lowest BCUT2D eigenvalue weighted by Gasteiger charge is -2.18. The highest BCUT2D eigenvalue weighted by Crippen LogP contribution is 2.36. The number of aromatic hydroxyl groups is 1. The van der Waals surface area contributed by atoms with Crippen LogP contribution in [-0.2, 0) is 9.59 Å². The van der Waals surface area contributed by atoms with Crippen molar-refractivity contribution >= 4 is 57.5 Å². The van der Waals surface area contributed by atoms with Gasteiger partial charge in [-0.25, -0.2) is 0 Å². The Morgan fingerprint density at radius 1 is 1.35 bits per heavy atom. The van der Waals surface area contributed by atoms with E-state index in [9.17, 15) is 19.5 Å². The van der Waals surface area contributed by atoms with E-state index < -0.39 is 11.1 Å². The Morgan fingerprint density at radius 2 is 2.04 bits per heavy atom. The van der Waals surface area contributed by atoms with Gasteiger partial charge in [-0.05, 0) is 71.0 Å². The lowest BCUT2D eigenvalue weighted by molar-refractivity contribution is -0.135. The van der Waals surface area contributed by atoms with E-state index in [2.05, 4.69) is 0 Å². The second-order valence-corrected chi connectivity index (χ2v) is 8.06. The molecular formula is C17H17IN2O5S. The molecule has 0 bridgehead atoms. The molecule has 2 aliphatic heterocycles. The number of phenols is 1. The van der Waals surface area contributed by atoms with Crippen LogP contribution in [0.25, 0.3) is 6.08 Å². The number of amides is 3. The van der Waals surface area contributed by atoms with Gasteiger partial charge in [0, 0.05) is 13.1 Å². The zero-order chi connectivity index (χ0) is 18.8. The SMILES string of the molecule is COc1cc(/C=C2/SC(=O)N(CC(=O)N3CCCC3)C2=O)cc(I)c1O. The molecular weight excluding hydrogens is 471 g/mol. The molecule has 3 amide bonds. The van der Waals surface area contributed by atoms with Gasteiger partial charge in [0.2, 0.25) is 5.91 Å². The number of halogens is 1. The predicted octanol–water partition coefficient (Wildman–Crippen LogP) is 2.66. The maximum Gasteiger partial charge on any atom is 0.294 e. The maximum absolute atomic E-state index is 12.5. The van der Waals surface area contributed by atoms with E-state index >= 15 is 0 Å². The number of ether oxygens (including phenoxy) is 1. The van der Waals surface area contributed by atoms with Gasteiger partial charge in [0.15, 0.2) is 11.5 Å². The van der Waals surface area contributed by atoms with E-state index in [-0.39, 0.29) is 28.9 Å². The number of hydrogen-bond donors (Lipinski definition) is 1. The number of nitrogens with zero attached hydrogens (tertiary/aromatic N) is 2. The number of rotatable bonds is 4. The quantitative estimate of drug-likeness (QED) is 0.518. The van der Waals surface area contributed by atoms with Crippen LogP contribution >= 0.6 is 34.4 Å². The van der Waals surface area contributed by atoms with Crippen molar-refractivity contribution in [1.29, 1.82) is 0 Å². The average molecular weight is 488 g/mol. The molecule has 2 saturated heterocycles. The topological polar surface area (TPSA) is 87.2 Å². The van der Waals surface area contributed by atoms with Crippen LogP contribution in [0.2, 0.25) is 0 Å². The van der Waals surface area contributed by atoms with Crippen LogP contribution < -0.4 is 4.74 Å². The number of benzene rings is 1. The summed E-state index contributed by atoms with van der Waals surface area (Å²) < 4.78 is 5.67. The lowest BCUT2D eigenvalue weighted by Crippen LogP contribution is -2.40. The molecule has 1 N–H and O–H groups in total. The fourth-order valence-corrected chi connectivity index (χ4v) is 4.29. The summed E-state index contributed by atoms with van der Waals surface area (Å²) in [4.78, 5) is 39.8. The van der Waals surface area contributed by atoms with Crippen molar-refractivity contribution in [2.45, 2.75) is 12.8 Å². The lowest BCUT2D eigenvalue weighted by atomic mass is 10.2. The predicted molar refractivity (Wildman–Crippen MR) is 106 cm³/mol. The third-order valence-electron chi connectivity index (χ3n) is 4.19. The smallest absolute Gasteiger partial charge is 0.294 e. The molecule has 0 atom stereocenters. The standard InChI is InChI=1S/C17H17IN2O5S/c1-25-12-7-10(6-11(18)15(12)22)8-13-16(23)20(17(24)26-13)9-14(21)19-4-2-3-5-19/h6-8,22H,2-5,9H2,1H3/b13-8+. The molecule has 0 radical (unpaired) electrons. The Balaban J connectivity index is 1.79. The van der Waals surface area contributed by atoms with Crippen LogP contribution in [0.4, 0.5) is 4.79 Å². The largest absolute Gasteiger partial charge is 0.504 e. The van der Waals surface area contributed by atoms with Gasteiger partial charge in [0.1, 0.15) is 6.54 Å². The van der Waals surface area contributed by atoms with Gasteiger partial charge in [-0.2, -0.15) is 0 Å². The highest BCUT2D eigenvalue weighted by molar-refractivity contribution is 14.1. The number of likely N-dealkylation sites (tertiary alicyclic amines) is 1. The number of phenolic OH excluding ortho intramolecular Hbond substituents is 1. The minimum absolute atomic E-state index is 0.0227. The molecule has 138 valence electrons. The second kappa shape index (κ2) is 7.87. The first-order chi connectivity index (χ1) is 12.4. The summed E-state index contributed by atoms with van der Waals surface area (Å²) in [5, 5.41) is 9.44. The Morgan fingerprint density at radius 3 is 2.69 bits per heavy atom. The molecule has 2 heterocycles. The van der Waals surface area contributed by atoms with Gasteiger partial charge >= 0.3 is 0 Å². The van der Waals surface area contributed by atoms with Gasteiger partial charge in [0.25, 0.3) is 11.1 Å². The van der Waals surface area contributed by atoms with Crippen molar-refractivity contribution in [2.75, 3.05) is 26.7 Å². The van der Waals surface area contributed by atoms with E-state index in [1.807, 2.05) is 22.6 Å². The highest BCUT2D eigenvalue weighted by Gasteiger charge is 2.37. The van der Waals surface area contributed by atoms with Crippen molar-refractivity contribution < 1.29 is 24.2 Å². The molecule has 0 aromatic heterocycles. The number of methoxy groups -OCH3 is 1. The molecule has 3 rings (SSSR count). The van der Waals surface area contributed by atoms with Gasteiger partial charge < -0.3 is 14.7 Å². The molecule has 0 unspecified atom stereocenters. The molecule has 2 fully saturated rings. The number of carbonyl (C=O) groups is 3. The first-order valence-corrected chi connectivity index (χ1v) is 9.90. The summed E-state index contributed by atoms with van der Waals surface area (Å²) in [6, 6.07) is 3.27. The van der Waals surface area contributed by atoms with Crippen LogP contribution in [-0.4, -0.2) is 58.7 Å². The van der Waals surface area contributed by atoms with Crippen LogP contribution in [0, 0.1) is 3.57 Å². The average Bonchev–Trinajstić information content (AvgIpc) is 3.23. The maximum atomic E-state index is 12.5. The molecule has 1 aromatic rings. The van der Waals surface area contributed by atoms with Gasteiger partial charge in [-0.3, -0.25) is 19.3 Å². The molecule has 2 aliphatic rings. The van der Waals surface area contributed by atoms with Crippen molar-refractivity contribution in [3.63, 3.8) is 0 Å². The monoisotopic (exact) mass is 488 g/mol. The second-order valence-electron chi connectivity index (χ2n) is 5.91. The van der Waals surface area contributed by atoms with E-state index in [1.165, 1.54) is 7.11 Å². The normalized spacial score (nSPS) is 18.9. The fourth-order valence-electron chi connectivity index (χ4n) is 2.82. The molecule has 0 aliphatic carbocycles. The molecule has 1 aromatic carbocycles. The van der Waals surface area contributed by atoms with Crippen LogP contribution in [0.15, 0.2) is 17.0 Å². The fraction of sp³-hybridized carbons (Fsp3) is 0.353. The summed E-state index contributed by atoms with van der Waals surface area (Å²) in [5.41, 5.74) is 0.625. The zero-order valence-corrected chi connectivity index (χ0v) is 17.0. The first kappa shape index (κ1) is 19.0. The van der Waals surface area contributed by atoms with Crippen molar-refractivity contribution in [2.24, 2.45) is 0 Å². The number of imide groups is 1. The number of hydrogen-bond acceptors (Lipinski definition) is 6. The summed E-state index contributed by atoms with van der Waals surface area (Å²) in [5.74, 6) is -0.373. The van der Waals surface area contributed by atoms with Crippen molar-refractivity contribution in [3.8, 4) is 11.5 Å².